The zero-order valence-electron chi connectivity index (χ0n) is 28.0. The molecule has 2 atom stereocenters. The van der Waals surface area contributed by atoms with E-state index in [4.69, 9.17) is 0 Å². The standard InChI is InChI=1S/C46H27N5S/c1-46-37-16-5-9-20-42(37)52-43(46)22-21-35-33-14-4-8-19-40(33)51(45(35)46)41-24-30(27-49)29(26-48)23-36(41)34-15-10-11-28(25-47)44(34)50-38-17-6-2-12-31(38)32-13-3-7-18-39(32)50/h2-24,43H,1H3. The number of nitrogens with zero attached hydrogens (tertiary/aromatic N) is 5. The molecule has 3 heterocycles. The van der Waals surface area contributed by atoms with E-state index in [1.807, 2.05) is 66.4 Å². The summed E-state index contributed by atoms with van der Waals surface area (Å²) in [6.45, 7) is 2.34. The van der Waals surface area contributed by atoms with Crippen LogP contribution in [0.2, 0.25) is 0 Å². The van der Waals surface area contributed by atoms with E-state index in [1.54, 1.807) is 0 Å². The van der Waals surface area contributed by atoms with Crippen molar-refractivity contribution in [3.63, 3.8) is 0 Å². The smallest absolute Gasteiger partial charge is 0.101 e. The minimum atomic E-state index is -0.396. The molecule has 1 aliphatic carbocycles. The summed E-state index contributed by atoms with van der Waals surface area (Å²) in [5.41, 5.74) is 10.3. The molecule has 0 spiro atoms. The number of rotatable bonds is 3. The van der Waals surface area contributed by atoms with Gasteiger partial charge in [-0.25, -0.2) is 0 Å². The van der Waals surface area contributed by atoms with Crippen LogP contribution in [0.4, 0.5) is 0 Å². The van der Waals surface area contributed by atoms with Gasteiger partial charge in [0.05, 0.1) is 50.0 Å². The summed E-state index contributed by atoms with van der Waals surface area (Å²) in [5, 5.41) is 35.1. The minimum absolute atomic E-state index is 0.160. The Morgan fingerprint density at radius 2 is 1.19 bits per heavy atom. The summed E-state index contributed by atoms with van der Waals surface area (Å²) < 4.78 is 4.51. The summed E-state index contributed by atoms with van der Waals surface area (Å²) in [7, 11) is 0. The Labute approximate surface area is 304 Å². The number of benzene rings is 6. The number of aromatic nitrogens is 2. The molecule has 0 bridgehead atoms. The van der Waals surface area contributed by atoms with Crippen LogP contribution in [0, 0.1) is 34.0 Å². The third-order valence-corrected chi connectivity index (χ3v) is 12.5. The maximum absolute atomic E-state index is 10.7. The molecule has 6 heteroatoms. The monoisotopic (exact) mass is 681 g/mol. The van der Waals surface area contributed by atoms with Gasteiger partial charge >= 0.3 is 0 Å². The molecule has 52 heavy (non-hydrogen) atoms. The van der Waals surface area contributed by atoms with Crippen LogP contribution in [0.1, 0.15) is 40.4 Å². The maximum atomic E-state index is 10.7. The van der Waals surface area contributed by atoms with Crippen LogP contribution >= 0.6 is 11.8 Å². The Kier molecular flexibility index (Phi) is 6.43. The van der Waals surface area contributed by atoms with Crippen LogP contribution in [-0.2, 0) is 5.41 Å². The van der Waals surface area contributed by atoms with Crippen LogP contribution in [0.25, 0.3) is 61.3 Å². The normalized spacial score (nSPS) is 17.0. The van der Waals surface area contributed by atoms with Crippen molar-refractivity contribution in [2.24, 2.45) is 0 Å². The van der Waals surface area contributed by atoms with Gasteiger partial charge < -0.3 is 9.13 Å². The van der Waals surface area contributed by atoms with Gasteiger partial charge in [-0.15, -0.1) is 11.8 Å². The lowest BCUT2D eigenvalue weighted by Crippen LogP contribution is -2.35. The van der Waals surface area contributed by atoms with Gasteiger partial charge in [-0.1, -0.05) is 97.1 Å². The number of para-hydroxylation sites is 4. The van der Waals surface area contributed by atoms with E-state index in [0.29, 0.717) is 11.1 Å². The van der Waals surface area contributed by atoms with E-state index in [9.17, 15) is 15.8 Å². The van der Waals surface area contributed by atoms with Gasteiger partial charge in [0.15, 0.2) is 0 Å². The zero-order valence-corrected chi connectivity index (χ0v) is 28.8. The van der Waals surface area contributed by atoms with Crippen LogP contribution in [-0.4, -0.2) is 14.4 Å². The molecule has 8 aromatic rings. The number of nitriles is 3. The van der Waals surface area contributed by atoms with Crippen LogP contribution in [0.15, 0.2) is 138 Å². The molecule has 0 saturated heterocycles. The van der Waals surface area contributed by atoms with E-state index in [-0.39, 0.29) is 10.8 Å². The molecule has 0 radical (unpaired) electrons. The first-order valence-electron chi connectivity index (χ1n) is 17.2. The first kappa shape index (κ1) is 30.1. The fourth-order valence-corrected chi connectivity index (χ4v) is 10.2. The van der Waals surface area contributed by atoms with Gasteiger partial charge in [0, 0.05) is 48.7 Å². The molecule has 6 aromatic carbocycles. The van der Waals surface area contributed by atoms with Crippen molar-refractivity contribution >= 4 is 50.5 Å². The topological polar surface area (TPSA) is 81.2 Å². The lowest BCUT2D eigenvalue weighted by Gasteiger charge is -2.36. The molecule has 5 nitrogen and oxygen atoms in total. The Morgan fingerprint density at radius 3 is 1.88 bits per heavy atom. The number of fused-ring (bicyclic) bond motifs is 10. The average Bonchev–Trinajstić information content (AvgIpc) is 3.82. The lowest BCUT2D eigenvalue weighted by atomic mass is 9.72. The predicted molar refractivity (Wildman–Crippen MR) is 209 cm³/mol. The summed E-state index contributed by atoms with van der Waals surface area (Å²) in [6, 6.07) is 50.3. The van der Waals surface area contributed by atoms with E-state index in [1.165, 1.54) is 10.5 Å². The van der Waals surface area contributed by atoms with Gasteiger partial charge in [-0.05, 0) is 55.0 Å². The Bertz CT molecular complexity index is 2960. The summed E-state index contributed by atoms with van der Waals surface area (Å²) in [4.78, 5) is 1.26. The van der Waals surface area contributed by atoms with Crippen LogP contribution in [0.3, 0.4) is 0 Å². The molecule has 0 saturated carbocycles. The van der Waals surface area contributed by atoms with Gasteiger partial charge in [0.25, 0.3) is 0 Å². The molecular formula is C46H27N5S. The summed E-state index contributed by atoms with van der Waals surface area (Å²) in [5.74, 6) is 0. The fraction of sp³-hybridized carbons (Fsp3) is 0.0652. The molecule has 2 aromatic heterocycles. The van der Waals surface area contributed by atoms with Crippen molar-refractivity contribution < 1.29 is 0 Å². The Hall–Kier alpha value is -6.78. The highest BCUT2D eigenvalue weighted by atomic mass is 32.2. The van der Waals surface area contributed by atoms with Gasteiger partial charge in [0.2, 0.25) is 0 Å². The number of hydrogen-bond acceptors (Lipinski definition) is 4. The first-order chi connectivity index (χ1) is 25.6. The van der Waals surface area contributed by atoms with Crippen molar-refractivity contribution in [2.45, 2.75) is 22.5 Å². The fourth-order valence-electron chi connectivity index (χ4n) is 8.71. The number of hydrogen-bond donors (Lipinski definition) is 0. The van der Waals surface area contributed by atoms with Crippen LogP contribution in [0.5, 0.6) is 0 Å². The van der Waals surface area contributed by atoms with E-state index >= 15 is 0 Å². The Morgan fingerprint density at radius 1 is 0.596 bits per heavy atom. The highest BCUT2D eigenvalue weighted by molar-refractivity contribution is 8.00. The Balaban J connectivity index is 1.37. The van der Waals surface area contributed by atoms with Gasteiger partial charge in [-0.2, -0.15) is 15.8 Å². The molecule has 2 aliphatic rings. The second-order valence-electron chi connectivity index (χ2n) is 13.5. The molecule has 0 fully saturated rings. The highest BCUT2D eigenvalue weighted by Gasteiger charge is 2.49. The predicted octanol–water partition coefficient (Wildman–Crippen LogP) is 10.8. The highest BCUT2D eigenvalue weighted by Crippen LogP contribution is 2.58. The van der Waals surface area contributed by atoms with Gasteiger partial charge in [-0.3, -0.25) is 0 Å². The number of thioether (sulfide) groups is 1. The average molecular weight is 682 g/mol. The van der Waals surface area contributed by atoms with Gasteiger partial charge in [0.1, 0.15) is 18.2 Å². The van der Waals surface area contributed by atoms with Crippen LogP contribution < -0.4 is 0 Å². The van der Waals surface area contributed by atoms with Crippen molar-refractivity contribution in [2.75, 3.05) is 0 Å². The maximum Gasteiger partial charge on any atom is 0.101 e. The largest absolute Gasteiger partial charge is 0.311 e. The second kappa shape index (κ2) is 11.1. The molecular weight excluding hydrogens is 655 g/mol. The molecule has 2 unspecified atom stereocenters. The molecule has 242 valence electrons. The van der Waals surface area contributed by atoms with Crippen molar-refractivity contribution in [3.05, 3.63) is 167 Å². The van der Waals surface area contributed by atoms with Crippen molar-refractivity contribution in [3.8, 4) is 40.7 Å². The van der Waals surface area contributed by atoms with E-state index in [2.05, 4.69) is 119 Å². The van der Waals surface area contributed by atoms with Crippen molar-refractivity contribution in [1.82, 2.24) is 9.13 Å². The summed E-state index contributed by atoms with van der Waals surface area (Å²) in [6.07, 6.45) is 4.59. The summed E-state index contributed by atoms with van der Waals surface area (Å²) >= 11 is 1.88. The molecule has 1 aliphatic heterocycles. The van der Waals surface area contributed by atoms with E-state index in [0.717, 1.165) is 66.5 Å². The SMILES string of the molecule is CC12c3ccccc3SC1C=Cc1c2n(-c2cc(C#N)c(C#N)cc2-c2cccc(C#N)c2-n2c3ccccc3c3ccccc32)c2ccccc12. The molecule has 0 N–H and O–H groups in total. The molecule has 0 amide bonds. The zero-order chi connectivity index (χ0) is 35.1. The van der Waals surface area contributed by atoms with E-state index < -0.39 is 5.41 Å². The second-order valence-corrected chi connectivity index (χ2v) is 14.7. The molecule has 10 rings (SSSR count). The minimum Gasteiger partial charge on any atom is -0.311 e. The first-order valence-corrected chi connectivity index (χ1v) is 18.0. The third-order valence-electron chi connectivity index (χ3n) is 11.0. The quantitative estimate of drug-likeness (QED) is 0.186. The third kappa shape index (κ3) is 3.92. The van der Waals surface area contributed by atoms with Crippen molar-refractivity contribution in [1.29, 1.82) is 15.8 Å². The lowest BCUT2D eigenvalue weighted by molar-refractivity contribution is 0.564.